The summed E-state index contributed by atoms with van der Waals surface area (Å²) in [5.74, 6) is 0.904. The van der Waals surface area contributed by atoms with Gasteiger partial charge in [-0.15, -0.1) is 0 Å². The number of carbonyl (C=O) groups excluding carboxylic acids is 1. The third-order valence-corrected chi connectivity index (χ3v) is 5.87. The van der Waals surface area contributed by atoms with Gasteiger partial charge in [-0.2, -0.15) is 0 Å². The van der Waals surface area contributed by atoms with Crippen molar-refractivity contribution in [2.75, 3.05) is 24.5 Å². The van der Waals surface area contributed by atoms with Crippen molar-refractivity contribution >= 4 is 11.6 Å². The number of hydrogen-bond donors (Lipinski definition) is 0. The number of carbonyl (C=O) groups is 1. The van der Waals surface area contributed by atoms with Crippen molar-refractivity contribution in [1.82, 2.24) is 19.4 Å². The van der Waals surface area contributed by atoms with E-state index in [-0.39, 0.29) is 11.4 Å². The van der Waals surface area contributed by atoms with Gasteiger partial charge >= 0.3 is 0 Å². The van der Waals surface area contributed by atoms with Crippen LogP contribution in [0, 0.1) is 0 Å². The van der Waals surface area contributed by atoms with Crippen LogP contribution < -0.4 is 4.90 Å². The molecule has 0 unspecified atom stereocenters. The number of nitrogens with zero attached hydrogens (tertiary/aromatic N) is 5. The quantitative estimate of drug-likeness (QED) is 0.649. The first-order chi connectivity index (χ1) is 14.1. The zero-order valence-electron chi connectivity index (χ0n) is 16.5. The second kappa shape index (κ2) is 6.58. The lowest BCUT2D eigenvalue weighted by molar-refractivity contribution is 0.0776. The van der Waals surface area contributed by atoms with Gasteiger partial charge < -0.3 is 14.4 Å². The number of fused-ring (bicyclic) bond motifs is 4. The van der Waals surface area contributed by atoms with Crippen molar-refractivity contribution in [2.45, 2.75) is 18.9 Å². The van der Waals surface area contributed by atoms with Gasteiger partial charge in [0.15, 0.2) is 5.82 Å². The summed E-state index contributed by atoms with van der Waals surface area (Å²) in [4.78, 5) is 26.3. The van der Waals surface area contributed by atoms with E-state index in [1.54, 1.807) is 12.3 Å². The van der Waals surface area contributed by atoms with Crippen LogP contribution in [0.1, 0.15) is 29.5 Å². The number of pyridine rings is 2. The van der Waals surface area contributed by atoms with Crippen LogP contribution in [0.2, 0.25) is 0 Å². The predicted molar refractivity (Wildman–Crippen MR) is 112 cm³/mol. The van der Waals surface area contributed by atoms with Gasteiger partial charge in [-0.3, -0.25) is 9.78 Å². The van der Waals surface area contributed by atoms with E-state index in [1.165, 1.54) is 5.69 Å². The Labute approximate surface area is 170 Å². The molecule has 2 aliphatic heterocycles. The molecule has 1 saturated heterocycles. The molecule has 146 valence electrons. The maximum absolute atomic E-state index is 13.1. The lowest BCUT2D eigenvalue weighted by Crippen LogP contribution is -2.53. The van der Waals surface area contributed by atoms with Gasteiger partial charge in [-0.05, 0) is 49.7 Å². The van der Waals surface area contributed by atoms with E-state index in [9.17, 15) is 4.79 Å². The molecule has 1 amide bonds. The van der Waals surface area contributed by atoms with Crippen molar-refractivity contribution in [3.8, 4) is 5.82 Å². The summed E-state index contributed by atoms with van der Waals surface area (Å²) < 4.78 is 2.17. The molecule has 6 heteroatoms. The van der Waals surface area contributed by atoms with Crippen molar-refractivity contribution < 1.29 is 4.79 Å². The minimum absolute atomic E-state index is 0.0205. The molecular formula is C23H23N5O. The number of rotatable bonds is 3. The maximum Gasteiger partial charge on any atom is 0.272 e. The van der Waals surface area contributed by atoms with Crippen LogP contribution in [0.15, 0.2) is 73.2 Å². The molecule has 1 fully saturated rings. The topological polar surface area (TPSA) is 54.3 Å². The van der Waals surface area contributed by atoms with E-state index in [2.05, 4.69) is 50.4 Å². The van der Waals surface area contributed by atoms with Gasteiger partial charge in [0.05, 0.1) is 11.4 Å². The number of likely N-dealkylation sites (tertiary alicyclic amines) is 1. The van der Waals surface area contributed by atoms with Crippen LogP contribution in [0.25, 0.3) is 5.82 Å². The van der Waals surface area contributed by atoms with E-state index in [1.807, 2.05) is 36.2 Å². The van der Waals surface area contributed by atoms with Crippen LogP contribution in [-0.4, -0.2) is 45.0 Å². The Bertz CT molecular complexity index is 1090. The third-order valence-electron chi connectivity index (χ3n) is 5.87. The summed E-state index contributed by atoms with van der Waals surface area (Å²) in [5, 5.41) is 0. The predicted octanol–water partition coefficient (Wildman–Crippen LogP) is 3.40. The summed E-state index contributed by atoms with van der Waals surface area (Å²) in [7, 11) is 0. The highest BCUT2D eigenvalue weighted by Gasteiger charge is 2.50. The molecule has 5 heterocycles. The smallest absolute Gasteiger partial charge is 0.272 e. The molecule has 29 heavy (non-hydrogen) atoms. The molecule has 0 aliphatic carbocycles. The van der Waals surface area contributed by atoms with Gasteiger partial charge in [0.25, 0.3) is 5.91 Å². The highest BCUT2D eigenvalue weighted by atomic mass is 16.2. The van der Waals surface area contributed by atoms with Crippen molar-refractivity contribution in [3.63, 3.8) is 0 Å². The average Bonchev–Trinajstić information content (AvgIpc) is 3.40. The summed E-state index contributed by atoms with van der Waals surface area (Å²) in [6, 6.07) is 13.8. The highest BCUT2D eigenvalue weighted by Crippen LogP contribution is 2.47. The largest absolute Gasteiger partial charge is 0.351 e. The van der Waals surface area contributed by atoms with Crippen LogP contribution >= 0.6 is 0 Å². The molecule has 3 aromatic heterocycles. The van der Waals surface area contributed by atoms with Crippen LogP contribution in [0.4, 0.5) is 5.69 Å². The second-order valence-corrected chi connectivity index (χ2v) is 7.88. The number of hydrogen-bond acceptors (Lipinski definition) is 4. The van der Waals surface area contributed by atoms with E-state index in [0.29, 0.717) is 18.8 Å². The molecule has 0 radical (unpaired) electrons. The molecule has 6 nitrogen and oxygen atoms in total. The molecule has 1 spiro atoms. The summed E-state index contributed by atoms with van der Waals surface area (Å²) in [5.41, 5.74) is 3.49. The van der Waals surface area contributed by atoms with E-state index in [4.69, 9.17) is 0 Å². The van der Waals surface area contributed by atoms with Gasteiger partial charge in [0.2, 0.25) is 0 Å². The summed E-state index contributed by atoms with van der Waals surface area (Å²) in [6.07, 6.45) is 6.40. The minimum atomic E-state index is -0.317. The first-order valence-electron chi connectivity index (χ1n) is 9.86. The van der Waals surface area contributed by atoms with Gasteiger partial charge in [-0.25, -0.2) is 4.98 Å². The lowest BCUT2D eigenvalue weighted by atomic mass is 9.88. The van der Waals surface area contributed by atoms with Crippen molar-refractivity contribution in [2.24, 2.45) is 0 Å². The molecule has 1 atom stereocenters. The molecule has 5 rings (SSSR count). The summed E-state index contributed by atoms with van der Waals surface area (Å²) in [6.45, 7) is 8.21. The number of amides is 1. The van der Waals surface area contributed by atoms with Crippen molar-refractivity contribution in [3.05, 3.63) is 84.6 Å². The molecular weight excluding hydrogens is 362 g/mol. The number of aromatic nitrogens is 3. The fourth-order valence-electron chi connectivity index (χ4n) is 4.65. The van der Waals surface area contributed by atoms with Crippen LogP contribution in [-0.2, 0) is 5.54 Å². The fourth-order valence-corrected chi connectivity index (χ4v) is 4.65. The number of anilines is 1. The van der Waals surface area contributed by atoms with E-state index < -0.39 is 0 Å². The Hall–Kier alpha value is -3.41. The van der Waals surface area contributed by atoms with Gasteiger partial charge in [0, 0.05) is 38.2 Å². The van der Waals surface area contributed by atoms with Gasteiger partial charge in [0.1, 0.15) is 11.2 Å². The Kier molecular flexibility index (Phi) is 4.01. The normalized spacial score (nSPS) is 19.9. The first-order valence-corrected chi connectivity index (χ1v) is 9.86. The third kappa shape index (κ3) is 2.67. The highest BCUT2D eigenvalue weighted by molar-refractivity contribution is 5.92. The minimum Gasteiger partial charge on any atom is -0.351 e. The average molecular weight is 385 g/mol. The van der Waals surface area contributed by atoms with Crippen LogP contribution in [0.5, 0.6) is 0 Å². The SMILES string of the molecule is C=C(C)CN1c2cccnc2-n2cccc2[C@@]12CCN(C(=O)c1ccccn1)C2. The van der Waals surface area contributed by atoms with Crippen LogP contribution in [0.3, 0.4) is 0 Å². The molecule has 2 aliphatic rings. The second-order valence-electron chi connectivity index (χ2n) is 7.88. The zero-order chi connectivity index (χ0) is 20.0. The Morgan fingerprint density at radius 1 is 1.14 bits per heavy atom. The molecule has 0 saturated carbocycles. The lowest BCUT2D eigenvalue weighted by Gasteiger charge is -2.47. The molecule has 3 aromatic rings. The van der Waals surface area contributed by atoms with E-state index >= 15 is 0 Å². The Morgan fingerprint density at radius 3 is 2.79 bits per heavy atom. The Balaban J connectivity index is 1.60. The fraction of sp³-hybridized carbons (Fsp3) is 0.261. The Morgan fingerprint density at radius 2 is 2.00 bits per heavy atom. The monoisotopic (exact) mass is 385 g/mol. The maximum atomic E-state index is 13.1. The molecule has 0 N–H and O–H groups in total. The zero-order valence-corrected chi connectivity index (χ0v) is 16.5. The van der Waals surface area contributed by atoms with E-state index in [0.717, 1.165) is 30.0 Å². The standard InChI is InChI=1S/C23H23N5O/c1-17(2)15-28-19-8-5-12-25-21(19)27-13-6-9-20(27)23(28)10-14-26(16-23)22(29)18-7-3-4-11-24-18/h3-9,11-13H,1,10,14-16H2,2H3/t23-/m0/s1. The molecule has 0 aromatic carbocycles. The van der Waals surface area contributed by atoms with Gasteiger partial charge in [-0.1, -0.05) is 18.2 Å². The first kappa shape index (κ1) is 17.7. The summed E-state index contributed by atoms with van der Waals surface area (Å²) >= 11 is 0. The molecule has 0 bridgehead atoms. The van der Waals surface area contributed by atoms with Crippen molar-refractivity contribution in [1.29, 1.82) is 0 Å².